The first-order chi connectivity index (χ1) is 14.9. The highest BCUT2D eigenvalue weighted by Crippen LogP contribution is 2.36. The van der Waals surface area contributed by atoms with Crippen LogP contribution >= 0.6 is 0 Å². The number of fused-ring (bicyclic) bond motifs is 1. The molecule has 2 N–H and O–H groups in total. The topological polar surface area (TPSA) is 78.8 Å². The monoisotopic (exact) mass is 420 g/mol. The molecule has 0 saturated carbocycles. The van der Waals surface area contributed by atoms with Crippen LogP contribution in [0.3, 0.4) is 0 Å². The second-order valence-electron chi connectivity index (χ2n) is 8.48. The number of amides is 1. The zero-order valence-corrected chi connectivity index (χ0v) is 17.9. The molecule has 31 heavy (non-hydrogen) atoms. The summed E-state index contributed by atoms with van der Waals surface area (Å²) >= 11 is 0. The first-order valence-electron chi connectivity index (χ1n) is 10.5. The van der Waals surface area contributed by atoms with Gasteiger partial charge in [0.05, 0.1) is 17.8 Å². The smallest absolute Gasteiger partial charge is 0.256 e. The molecule has 0 unspecified atom stereocenters. The summed E-state index contributed by atoms with van der Waals surface area (Å²) in [5.41, 5.74) is 6.20. The van der Waals surface area contributed by atoms with E-state index >= 15 is 0 Å². The van der Waals surface area contributed by atoms with Crippen molar-refractivity contribution in [3.63, 3.8) is 0 Å². The van der Waals surface area contributed by atoms with Gasteiger partial charge in [0.2, 0.25) is 0 Å². The van der Waals surface area contributed by atoms with Crippen LogP contribution < -0.4 is 5.32 Å². The van der Waals surface area contributed by atoms with Gasteiger partial charge in [0, 0.05) is 28.2 Å². The molecule has 5 rings (SSSR count). The van der Waals surface area contributed by atoms with Crippen LogP contribution in [0.1, 0.15) is 41.4 Å². The number of likely N-dealkylation sites (tertiary alicyclic amines) is 1. The van der Waals surface area contributed by atoms with Crippen LogP contribution in [0.25, 0.3) is 22.9 Å². The molecule has 8 heteroatoms. The standard InChI is InChI=1S/C23H25FN6O/c1-13-20(11-18-17-10-15(24)4-5-19(17)26-23(18)31)25-14(2)22(13)21-12-30(28-27-21)16-6-8-29(3)9-7-16/h4-5,10-12,16,25H,6-9H2,1-3H3,(H,26,31)/b18-11+. The maximum Gasteiger partial charge on any atom is 0.256 e. The van der Waals surface area contributed by atoms with Crippen LogP contribution in [0.4, 0.5) is 10.1 Å². The highest BCUT2D eigenvalue weighted by molar-refractivity contribution is 6.34. The second-order valence-corrected chi connectivity index (χ2v) is 8.48. The number of H-pyrrole nitrogens is 1. The van der Waals surface area contributed by atoms with Gasteiger partial charge in [-0.1, -0.05) is 5.21 Å². The maximum atomic E-state index is 13.8. The normalized spacial score (nSPS) is 18.6. The molecule has 1 fully saturated rings. The molecule has 1 amide bonds. The average Bonchev–Trinajstić information content (AvgIpc) is 3.40. The second kappa shape index (κ2) is 7.46. The quantitative estimate of drug-likeness (QED) is 0.632. The van der Waals surface area contributed by atoms with Gasteiger partial charge in [-0.05, 0) is 76.7 Å². The Morgan fingerprint density at radius 2 is 2.00 bits per heavy atom. The van der Waals surface area contributed by atoms with Crippen molar-refractivity contribution < 1.29 is 9.18 Å². The third-order valence-corrected chi connectivity index (χ3v) is 6.36. The van der Waals surface area contributed by atoms with Gasteiger partial charge in [0.1, 0.15) is 11.5 Å². The van der Waals surface area contributed by atoms with Gasteiger partial charge in [-0.2, -0.15) is 0 Å². The van der Waals surface area contributed by atoms with Crippen molar-refractivity contribution in [2.75, 3.05) is 25.5 Å². The molecule has 0 spiro atoms. The van der Waals surface area contributed by atoms with Gasteiger partial charge < -0.3 is 15.2 Å². The Morgan fingerprint density at radius 3 is 2.77 bits per heavy atom. The van der Waals surface area contributed by atoms with Crippen molar-refractivity contribution in [2.45, 2.75) is 32.7 Å². The van der Waals surface area contributed by atoms with E-state index in [-0.39, 0.29) is 11.7 Å². The SMILES string of the molecule is Cc1[nH]c(/C=C2/C(=O)Nc3ccc(F)cc32)c(C)c1-c1cn(C2CCN(C)CC2)nn1. The summed E-state index contributed by atoms with van der Waals surface area (Å²) < 4.78 is 15.7. The zero-order chi connectivity index (χ0) is 21.7. The molecule has 2 aliphatic rings. The lowest BCUT2D eigenvalue weighted by Gasteiger charge is -2.28. The number of anilines is 1. The van der Waals surface area contributed by atoms with Gasteiger partial charge in [0.15, 0.2) is 0 Å². The van der Waals surface area contributed by atoms with Crippen LogP contribution in [-0.4, -0.2) is 50.9 Å². The van der Waals surface area contributed by atoms with E-state index in [0.29, 0.717) is 22.9 Å². The fraction of sp³-hybridized carbons (Fsp3) is 0.348. The first kappa shape index (κ1) is 19.7. The molecule has 7 nitrogen and oxygen atoms in total. The van der Waals surface area contributed by atoms with E-state index in [9.17, 15) is 9.18 Å². The van der Waals surface area contributed by atoms with Crippen molar-refractivity contribution in [3.05, 3.63) is 52.7 Å². The molecular weight excluding hydrogens is 395 g/mol. The van der Waals surface area contributed by atoms with E-state index in [4.69, 9.17) is 0 Å². The molecule has 4 heterocycles. The highest BCUT2D eigenvalue weighted by atomic mass is 19.1. The molecule has 0 radical (unpaired) electrons. The van der Waals surface area contributed by atoms with Crippen LogP contribution in [0.5, 0.6) is 0 Å². The molecule has 0 atom stereocenters. The fourth-order valence-corrected chi connectivity index (χ4v) is 4.58. The largest absolute Gasteiger partial charge is 0.358 e. The highest BCUT2D eigenvalue weighted by Gasteiger charge is 2.26. The number of nitrogens with zero attached hydrogens (tertiary/aromatic N) is 4. The minimum Gasteiger partial charge on any atom is -0.358 e. The molecule has 2 aliphatic heterocycles. The Kier molecular flexibility index (Phi) is 4.74. The van der Waals surface area contributed by atoms with Gasteiger partial charge in [0.25, 0.3) is 5.91 Å². The molecule has 1 saturated heterocycles. The Morgan fingerprint density at radius 1 is 1.23 bits per heavy atom. The molecule has 3 aromatic rings. The number of piperidine rings is 1. The number of hydrogen-bond acceptors (Lipinski definition) is 4. The van der Waals surface area contributed by atoms with Gasteiger partial charge in [-0.15, -0.1) is 5.10 Å². The van der Waals surface area contributed by atoms with Crippen molar-refractivity contribution in [1.29, 1.82) is 0 Å². The van der Waals surface area contributed by atoms with E-state index in [2.05, 4.69) is 32.6 Å². The molecular formula is C23H25FN6O. The fourth-order valence-electron chi connectivity index (χ4n) is 4.58. The Bertz CT molecular complexity index is 1200. The average molecular weight is 420 g/mol. The molecule has 2 aromatic heterocycles. The molecule has 1 aromatic carbocycles. The third-order valence-electron chi connectivity index (χ3n) is 6.36. The number of aromatic nitrogens is 4. The molecule has 0 bridgehead atoms. The summed E-state index contributed by atoms with van der Waals surface area (Å²) in [6.07, 6.45) is 5.93. The predicted molar refractivity (Wildman–Crippen MR) is 118 cm³/mol. The molecule has 0 aliphatic carbocycles. The van der Waals surface area contributed by atoms with E-state index in [0.717, 1.165) is 54.1 Å². The van der Waals surface area contributed by atoms with E-state index in [1.165, 1.54) is 12.1 Å². The number of aryl methyl sites for hydroxylation is 1. The number of aromatic amines is 1. The van der Waals surface area contributed by atoms with E-state index in [1.54, 1.807) is 12.1 Å². The van der Waals surface area contributed by atoms with E-state index in [1.807, 2.05) is 24.7 Å². The number of benzene rings is 1. The van der Waals surface area contributed by atoms with Crippen molar-refractivity contribution in [1.82, 2.24) is 24.9 Å². The minimum absolute atomic E-state index is 0.234. The Labute approximate surface area is 179 Å². The summed E-state index contributed by atoms with van der Waals surface area (Å²) in [7, 11) is 2.14. The lowest BCUT2D eigenvalue weighted by molar-refractivity contribution is -0.110. The third kappa shape index (κ3) is 3.46. The summed E-state index contributed by atoms with van der Waals surface area (Å²) in [6.45, 7) is 6.11. The van der Waals surface area contributed by atoms with Crippen molar-refractivity contribution in [2.24, 2.45) is 0 Å². The van der Waals surface area contributed by atoms with Crippen molar-refractivity contribution in [3.8, 4) is 11.3 Å². The summed E-state index contributed by atoms with van der Waals surface area (Å²) in [5, 5.41) is 11.6. The van der Waals surface area contributed by atoms with Crippen LogP contribution in [0, 0.1) is 19.7 Å². The minimum atomic E-state index is -0.369. The first-order valence-corrected chi connectivity index (χ1v) is 10.5. The number of halogens is 1. The maximum absolute atomic E-state index is 13.8. The number of nitrogens with one attached hydrogen (secondary N) is 2. The number of carbonyl (C=O) groups excluding carboxylic acids is 1. The zero-order valence-electron chi connectivity index (χ0n) is 17.9. The van der Waals surface area contributed by atoms with Crippen molar-refractivity contribution >= 4 is 23.2 Å². The van der Waals surface area contributed by atoms with Gasteiger partial charge in [-0.25, -0.2) is 9.07 Å². The van der Waals surface area contributed by atoms with Gasteiger partial charge >= 0.3 is 0 Å². The molecule has 160 valence electrons. The Balaban J connectivity index is 1.48. The Hall–Kier alpha value is -3.26. The number of rotatable bonds is 3. The van der Waals surface area contributed by atoms with Gasteiger partial charge in [-0.3, -0.25) is 4.79 Å². The van der Waals surface area contributed by atoms with Crippen LogP contribution in [-0.2, 0) is 4.79 Å². The van der Waals surface area contributed by atoms with Crippen LogP contribution in [0.15, 0.2) is 24.4 Å². The lowest BCUT2D eigenvalue weighted by Crippen LogP contribution is -2.31. The lowest BCUT2D eigenvalue weighted by atomic mass is 10.0. The summed E-state index contributed by atoms with van der Waals surface area (Å²) in [6, 6.07) is 4.69. The van der Waals surface area contributed by atoms with E-state index < -0.39 is 0 Å². The van der Waals surface area contributed by atoms with Crippen LogP contribution in [0.2, 0.25) is 0 Å². The number of carbonyl (C=O) groups is 1. The number of hydrogen-bond donors (Lipinski definition) is 2. The summed E-state index contributed by atoms with van der Waals surface area (Å²) in [5.74, 6) is -0.603. The predicted octanol–water partition coefficient (Wildman–Crippen LogP) is 3.79. The summed E-state index contributed by atoms with van der Waals surface area (Å²) in [4.78, 5) is 18.2.